The predicted octanol–water partition coefficient (Wildman–Crippen LogP) is 4.40. The highest BCUT2D eigenvalue weighted by Gasteiger charge is 2.10. The van der Waals surface area contributed by atoms with Gasteiger partial charge in [0, 0.05) is 0 Å². The van der Waals surface area contributed by atoms with E-state index in [1.165, 1.54) is 11.1 Å². The third-order valence-electron chi connectivity index (χ3n) is 3.70. The van der Waals surface area contributed by atoms with Crippen molar-refractivity contribution in [1.29, 1.82) is 0 Å². The summed E-state index contributed by atoms with van der Waals surface area (Å²) in [5, 5.41) is 8.54. The number of benzene rings is 2. The molecule has 2 aromatic carbocycles. The number of allylic oxidation sites excluding steroid dienone is 1. The Labute approximate surface area is 124 Å². The molecule has 0 aliphatic rings. The van der Waals surface area contributed by atoms with Crippen molar-refractivity contribution in [3.63, 3.8) is 0 Å². The minimum atomic E-state index is 0.221. The largest absolute Gasteiger partial charge is 0.238 e. The first kappa shape index (κ1) is 13.6. The van der Waals surface area contributed by atoms with Crippen molar-refractivity contribution in [3.05, 3.63) is 65.7 Å². The lowest BCUT2D eigenvalue weighted by atomic mass is 10.1. The third-order valence-corrected chi connectivity index (χ3v) is 3.70. The number of para-hydroxylation sites is 1. The van der Waals surface area contributed by atoms with Gasteiger partial charge < -0.3 is 0 Å². The Kier molecular flexibility index (Phi) is 3.82. The Morgan fingerprint density at radius 3 is 2.62 bits per heavy atom. The van der Waals surface area contributed by atoms with Gasteiger partial charge in [0.25, 0.3) is 0 Å². The summed E-state index contributed by atoms with van der Waals surface area (Å²) in [6.45, 7) is 4.27. The highest BCUT2D eigenvalue weighted by Crippen LogP contribution is 2.20. The van der Waals surface area contributed by atoms with E-state index in [1.54, 1.807) is 0 Å². The van der Waals surface area contributed by atoms with Crippen LogP contribution < -0.4 is 0 Å². The molecule has 0 spiro atoms. The van der Waals surface area contributed by atoms with E-state index in [0.717, 1.165) is 17.5 Å². The van der Waals surface area contributed by atoms with Crippen LogP contribution in [0.1, 0.15) is 30.5 Å². The molecule has 1 atom stereocenters. The summed E-state index contributed by atoms with van der Waals surface area (Å²) in [5.74, 6) is 0. The van der Waals surface area contributed by atoms with Crippen LogP contribution in [0.2, 0.25) is 0 Å². The number of aromatic nitrogens is 3. The molecule has 0 amide bonds. The molecule has 1 heterocycles. The van der Waals surface area contributed by atoms with E-state index in [1.807, 2.05) is 22.9 Å². The number of fused-ring (bicyclic) bond motifs is 1. The number of hydrogen-bond donors (Lipinski definition) is 0. The first-order valence-corrected chi connectivity index (χ1v) is 7.32. The van der Waals surface area contributed by atoms with Crippen LogP contribution in [-0.4, -0.2) is 15.0 Å². The monoisotopic (exact) mass is 277 g/mol. The Morgan fingerprint density at radius 1 is 1.10 bits per heavy atom. The maximum atomic E-state index is 4.31. The van der Waals surface area contributed by atoms with Crippen LogP contribution in [0.4, 0.5) is 0 Å². The second kappa shape index (κ2) is 5.92. The average molecular weight is 277 g/mol. The van der Waals surface area contributed by atoms with Gasteiger partial charge in [-0.15, -0.1) is 5.10 Å². The molecule has 0 fully saturated rings. The van der Waals surface area contributed by atoms with Crippen LogP contribution in [0.15, 0.2) is 54.6 Å². The summed E-state index contributed by atoms with van der Waals surface area (Å²) < 4.78 is 2.00. The van der Waals surface area contributed by atoms with Gasteiger partial charge in [-0.2, -0.15) is 0 Å². The molecule has 106 valence electrons. The molecule has 0 saturated heterocycles. The number of rotatable bonds is 4. The lowest BCUT2D eigenvalue weighted by Gasteiger charge is -2.11. The predicted molar refractivity (Wildman–Crippen MR) is 87.1 cm³/mol. The highest BCUT2D eigenvalue weighted by atomic mass is 15.4. The van der Waals surface area contributed by atoms with E-state index >= 15 is 0 Å². The summed E-state index contributed by atoms with van der Waals surface area (Å²) in [6, 6.07) is 16.8. The molecule has 3 nitrogen and oxygen atoms in total. The van der Waals surface area contributed by atoms with Gasteiger partial charge in [-0.05, 0) is 31.0 Å². The van der Waals surface area contributed by atoms with Crippen molar-refractivity contribution in [2.24, 2.45) is 0 Å². The average Bonchev–Trinajstić information content (AvgIpc) is 2.94. The minimum Gasteiger partial charge on any atom is -0.238 e. The van der Waals surface area contributed by atoms with Crippen molar-refractivity contribution in [2.75, 3.05) is 0 Å². The Morgan fingerprint density at radius 2 is 1.86 bits per heavy atom. The van der Waals surface area contributed by atoms with E-state index in [2.05, 4.69) is 66.6 Å². The van der Waals surface area contributed by atoms with E-state index in [9.17, 15) is 0 Å². The summed E-state index contributed by atoms with van der Waals surface area (Å²) in [5.41, 5.74) is 4.52. The molecular formula is C18H19N3. The van der Waals surface area contributed by atoms with Gasteiger partial charge >= 0.3 is 0 Å². The van der Waals surface area contributed by atoms with Crippen LogP contribution >= 0.6 is 0 Å². The van der Waals surface area contributed by atoms with Crippen LogP contribution in [0.5, 0.6) is 0 Å². The molecule has 1 aromatic heterocycles. The van der Waals surface area contributed by atoms with Crippen molar-refractivity contribution >= 4 is 17.1 Å². The normalized spacial score (nSPS) is 13.0. The smallest absolute Gasteiger partial charge is 0.113 e. The molecule has 3 heteroatoms. The summed E-state index contributed by atoms with van der Waals surface area (Å²) in [6.07, 6.45) is 5.34. The first-order chi connectivity index (χ1) is 10.3. The topological polar surface area (TPSA) is 30.7 Å². The van der Waals surface area contributed by atoms with Crippen LogP contribution in [0.3, 0.4) is 0 Å². The molecule has 3 aromatic rings. The van der Waals surface area contributed by atoms with E-state index in [4.69, 9.17) is 0 Å². The lowest BCUT2D eigenvalue weighted by molar-refractivity contribution is 0.524. The van der Waals surface area contributed by atoms with E-state index in [0.29, 0.717) is 0 Å². The fraction of sp³-hybridized carbons (Fsp3) is 0.222. The molecule has 1 unspecified atom stereocenters. The summed E-state index contributed by atoms with van der Waals surface area (Å²) in [4.78, 5) is 0. The molecule has 0 aliphatic heterocycles. The SMILES string of the molecule is CCC(C=Cc1ccc(C)cc1)n1nnc2ccccc21. The zero-order chi connectivity index (χ0) is 14.7. The fourth-order valence-corrected chi connectivity index (χ4v) is 2.42. The molecule has 0 aliphatic carbocycles. The van der Waals surface area contributed by atoms with Gasteiger partial charge in [-0.1, -0.05) is 66.3 Å². The fourth-order valence-electron chi connectivity index (χ4n) is 2.42. The standard InChI is InChI=1S/C18H19N3/c1-3-16(13-12-15-10-8-14(2)9-11-15)21-18-7-5-4-6-17(18)19-20-21/h4-13,16H,3H2,1-2H3. The summed E-state index contributed by atoms with van der Waals surface area (Å²) in [7, 11) is 0. The van der Waals surface area contributed by atoms with Gasteiger partial charge in [0.2, 0.25) is 0 Å². The molecule has 3 rings (SSSR count). The first-order valence-electron chi connectivity index (χ1n) is 7.32. The van der Waals surface area contributed by atoms with Crippen molar-refractivity contribution in [2.45, 2.75) is 26.3 Å². The van der Waals surface area contributed by atoms with Crippen LogP contribution in [-0.2, 0) is 0 Å². The van der Waals surface area contributed by atoms with Crippen molar-refractivity contribution in [1.82, 2.24) is 15.0 Å². The number of nitrogens with zero attached hydrogens (tertiary/aromatic N) is 3. The Hall–Kier alpha value is -2.42. The summed E-state index contributed by atoms with van der Waals surface area (Å²) >= 11 is 0. The minimum absolute atomic E-state index is 0.221. The maximum Gasteiger partial charge on any atom is 0.113 e. The van der Waals surface area contributed by atoms with Crippen molar-refractivity contribution in [3.8, 4) is 0 Å². The second-order valence-electron chi connectivity index (χ2n) is 5.27. The zero-order valence-corrected chi connectivity index (χ0v) is 12.4. The van der Waals surface area contributed by atoms with Crippen LogP contribution in [0.25, 0.3) is 17.1 Å². The van der Waals surface area contributed by atoms with Gasteiger partial charge in [0.1, 0.15) is 5.52 Å². The van der Waals surface area contributed by atoms with Gasteiger partial charge in [0.05, 0.1) is 11.6 Å². The van der Waals surface area contributed by atoms with Gasteiger partial charge in [0.15, 0.2) is 0 Å². The van der Waals surface area contributed by atoms with E-state index < -0.39 is 0 Å². The lowest BCUT2D eigenvalue weighted by Crippen LogP contribution is -2.07. The Bertz CT molecular complexity index is 753. The molecule has 0 saturated carbocycles. The second-order valence-corrected chi connectivity index (χ2v) is 5.27. The zero-order valence-electron chi connectivity index (χ0n) is 12.4. The highest BCUT2D eigenvalue weighted by molar-refractivity contribution is 5.74. The quantitative estimate of drug-likeness (QED) is 0.707. The maximum absolute atomic E-state index is 4.31. The molecule has 21 heavy (non-hydrogen) atoms. The Balaban J connectivity index is 1.89. The van der Waals surface area contributed by atoms with Gasteiger partial charge in [-0.25, -0.2) is 4.68 Å². The number of hydrogen-bond acceptors (Lipinski definition) is 2. The van der Waals surface area contributed by atoms with Crippen molar-refractivity contribution < 1.29 is 0 Å². The van der Waals surface area contributed by atoms with E-state index in [-0.39, 0.29) is 6.04 Å². The molecule has 0 N–H and O–H groups in total. The number of aryl methyl sites for hydroxylation is 1. The van der Waals surface area contributed by atoms with Crippen LogP contribution in [0, 0.1) is 6.92 Å². The third kappa shape index (κ3) is 2.87. The van der Waals surface area contributed by atoms with Gasteiger partial charge in [-0.3, -0.25) is 0 Å². The molecule has 0 bridgehead atoms. The molecular weight excluding hydrogens is 258 g/mol. The molecule has 0 radical (unpaired) electrons.